The third-order valence-corrected chi connectivity index (χ3v) is 5.87. The highest BCUT2D eigenvalue weighted by Crippen LogP contribution is 2.33. The smallest absolute Gasteiger partial charge is 0.399 e. The van der Waals surface area contributed by atoms with Crippen molar-refractivity contribution in [3.63, 3.8) is 0 Å². The van der Waals surface area contributed by atoms with Gasteiger partial charge < -0.3 is 10.1 Å². The lowest BCUT2D eigenvalue weighted by Crippen LogP contribution is -2.26. The Bertz CT molecular complexity index is 900. The molecular formula is C22H24N2O2S. The topological polar surface area (TPSA) is 50.4 Å². The third-order valence-electron chi connectivity index (χ3n) is 4.88. The number of carbonyl (C=O) groups is 1. The van der Waals surface area contributed by atoms with Crippen LogP contribution in [-0.2, 0) is 6.54 Å². The zero-order valence-electron chi connectivity index (χ0n) is 15.4. The number of benzene rings is 2. The first kappa shape index (κ1) is 18.0. The molecule has 1 heterocycles. The standard InChI is InChI=1S/C22H24N2O2S/c1-15(12-16-10-11-16)23-14-18-7-2-4-8-19(18)24-22(25)26-21-13-17-6-3-5-9-20(17)27-21/h2-9,13,15-16,23H,10-12,14H2,1H3,(H,24,25). The summed E-state index contributed by atoms with van der Waals surface area (Å²) in [4.78, 5) is 12.4. The monoisotopic (exact) mass is 380 g/mol. The van der Waals surface area contributed by atoms with E-state index in [0.29, 0.717) is 11.1 Å². The zero-order valence-corrected chi connectivity index (χ0v) is 16.2. The van der Waals surface area contributed by atoms with Crippen molar-refractivity contribution >= 4 is 33.2 Å². The second-order valence-electron chi connectivity index (χ2n) is 7.24. The quantitative estimate of drug-likeness (QED) is 0.545. The van der Waals surface area contributed by atoms with E-state index in [0.717, 1.165) is 33.8 Å². The fourth-order valence-electron chi connectivity index (χ4n) is 3.25. The molecule has 1 aromatic heterocycles. The summed E-state index contributed by atoms with van der Waals surface area (Å²) in [5, 5.41) is 8.13. The van der Waals surface area contributed by atoms with Crippen molar-refractivity contribution in [3.8, 4) is 5.06 Å². The highest BCUT2D eigenvalue weighted by molar-refractivity contribution is 7.20. The lowest BCUT2D eigenvalue weighted by atomic mass is 10.1. The maximum atomic E-state index is 12.4. The molecule has 27 heavy (non-hydrogen) atoms. The Morgan fingerprint density at radius 3 is 2.78 bits per heavy atom. The number of hydrogen-bond donors (Lipinski definition) is 2. The molecule has 4 rings (SSSR count). The fourth-order valence-corrected chi connectivity index (χ4v) is 4.16. The van der Waals surface area contributed by atoms with Crippen molar-refractivity contribution in [2.75, 3.05) is 5.32 Å². The van der Waals surface area contributed by atoms with E-state index in [1.807, 2.05) is 54.6 Å². The molecule has 1 saturated carbocycles. The Morgan fingerprint density at radius 2 is 1.96 bits per heavy atom. The molecule has 3 aromatic rings. The summed E-state index contributed by atoms with van der Waals surface area (Å²) in [7, 11) is 0. The molecule has 0 spiro atoms. The largest absolute Gasteiger partial charge is 0.417 e. The SMILES string of the molecule is CC(CC1CC1)NCc1ccccc1NC(=O)Oc1cc2ccccc2s1. The molecule has 2 N–H and O–H groups in total. The normalized spacial score (nSPS) is 14.9. The van der Waals surface area contributed by atoms with E-state index in [1.165, 1.54) is 30.6 Å². The van der Waals surface area contributed by atoms with E-state index in [-0.39, 0.29) is 0 Å². The van der Waals surface area contributed by atoms with Gasteiger partial charge in [0, 0.05) is 29.0 Å². The number of anilines is 1. The Kier molecular flexibility index (Phi) is 5.41. The Balaban J connectivity index is 1.37. The van der Waals surface area contributed by atoms with Crippen molar-refractivity contribution < 1.29 is 9.53 Å². The van der Waals surface area contributed by atoms with Crippen molar-refractivity contribution in [3.05, 3.63) is 60.2 Å². The molecule has 2 aromatic carbocycles. The van der Waals surface area contributed by atoms with Crippen LogP contribution in [0, 0.1) is 5.92 Å². The number of nitrogens with one attached hydrogen (secondary N) is 2. The number of thiophene rings is 1. The Hall–Kier alpha value is -2.37. The van der Waals surface area contributed by atoms with Crippen LogP contribution in [0.3, 0.4) is 0 Å². The molecule has 1 atom stereocenters. The van der Waals surface area contributed by atoms with Gasteiger partial charge in [0.15, 0.2) is 5.06 Å². The molecule has 140 valence electrons. The van der Waals surface area contributed by atoms with Crippen molar-refractivity contribution in [2.24, 2.45) is 5.92 Å². The minimum atomic E-state index is -0.458. The molecule has 0 saturated heterocycles. The number of fused-ring (bicyclic) bond motifs is 1. The van der Waals surface area contributed by atoms with Crippen LogP contribution >= 0.6 is 11.3 Å². The molecule has 0 radical (unpaired) electrons. The lowest BCUT2D eigenvalue weighted by Gasteiger charge is -2.16. The summed E-state index contributed by atoms with van der Waals surface area (Å²) in [6, 6.07) is 18.2. The van der Waals surface area contributed by atoms with Crippen LogP contribution in [0.5, 0.6) is 5.06 Å². The molecule has 5 heteroatoms. The molecule has 1 aliphatic rings. The number of ether oxygens (including phenoxy) is 1. The predicted octanol–water partition coefficient (Wildman–Crippen LogP) is 5.79. The number of rotatable bonds is 7. The van der Waals surface area contributed by atoms with Gasteiger partial charge in [-0.2, -0.15) is 0 Å². The summed E-state index contributed by atoms with van der Waals surface area (Å²) in [5.74, 6) is 0.900. The second kappa shape index (κ2) is 8.11. The first-order chi connectivity index (χ1) is 13.2. The highest BCUT2D eigenvalue weighted by Gasteiger charge is 2.23. The van der Waals surface area contributed by atoms with E-state index in [4.69, 9.17) is 4.74 Å². The summed E-state index contributed by atoms with van der Waals surface area (Å²) >= 11 is 1.47. The molecule has 1 aliphatic carbocycles. The third kappa shape index (κ3) is 4.87. The Labute approximate surface area is 163 Å². The van der Waals surface area contributed by atoms with Crippen LogP contribution in [-0.4, -0.2) is 12.1 Å². The molecule has 1 unspecified atom stereocenters. The summed E-state index contributed by atoms with van der Waals surface area (Å²) in [5.41, 5.74) is 1.85. The van der Waals surface area contributed by atoms with Gasteiger partial charge >= 0.3 is 6.09 Å². The average molecular weight is 381 g/mol. The molecule has 4 nitrogen and oxygen atoms in total. The molecular weight excluding hydrogens is 356 g/mol. The van der Waals surface area contributed by atoms with Crippen molar-refractivity contribution in [1.82, 2.24) is 5.32 Å². The van der Waals surface area contributed by atoms with Crippen LogP contribution in [0.4, 0.5) is 10.5 Å². The van der Waals surface area contributed by atoms with E-state index in [9.17, 15) is 4.79 Å². The minimum absolute atomic E-state index is 0.458. The number of para-hydroxylation sites is 1. The second-order valence-corrected chi connectivity index (χ2v) is 8.28. The van der Waals surface area contributed by atoms with Crippen LogP contribution in [0.25, 0.3) is 10.1 Å². The highest BCUT2D eigenvalue weighted by atomic mass is 32.1. The van der Waals surface area contributed by atoms with Gasteiger partial charge in [0.25, 0.3) is 0 Å². The average Bonchev–Trinajstić information content (AvgIpc) is 3.37. The van der Waals surface area contributed by atoms with Crippen LogP contribution in [0.2, 0.25) is 0 Å². The van der Waals surface area contributed by atoms with E-state index < -0.39 is 6.09 Å². The maximum Gasteiger partial charge on any atom is 0.417 e. The van der Waals surface area contributed by atoms with Gasteiger partial charge in [-0.15, -0.1) is 0 Å². The Morgan fingerprint density at radius 1 is 1.19 bits per heavy atom. The molecule has 0 aliphatic heterocycles. The van der Waals surface area contributed by atoms with E-state index >= 15 is 0 Å². The first-order valence-electron chi connectivity index (χ1n) is 9.46. The van der Waals surface area contributed by atoms with Gasteiger partial charge in [-0.05, 0) is 42.3 Å². The molecule has 1 amide bonds. The van der Waals surface area contributed by atoms with Crippen LogP contribution in [0.15, 0.2) is 54.6 Å². The minimum Gasteiger partial charge on any atom is -0.399 e. The van der Waals surface area contributed by atoms with Gasteiger partial charge in [0.2, 0.25) is 0 Å². The van der Waals surface area contributed by atoms with Gasteiger partial charge in [-0.25, -0.2) is 4.79 Å². The van der Waals surface area contributed by atoms with Crippen LogP contribution in [0.1, 0.15) is 31.7 Å². The zero-order chi connectivity index (χ0) is 18.6. The summed E-state index contributed by atoms with van der Waals surface area (Å²) in [6.45, 7) is 2.96. The van der Waals surface area contributed by atoms with Gasteiger partial charge in [-0.1, -0.05) is 60.6 Å². The van der Waals surface area contributed by atoms with Gasteiger partial charge in [-0.3, -0.25) is 5.32 Å². The van der Waals surface area contributed by atoms with Gasteiger partial charge in [0.05, 0.1) is 0 Å². The first-order valence-corrected chi connectivity index (χ1v) is 10.3. The fraction of sp³-hybridized carbons (Fsp3) is 0.318. The summed E-state index contributed by atoms with van der Waals surface area (Å²) < 4.78 is 6.60. The molecule has 0 bridgehead atoms. The van der Waals surface area contributed by atoms with Crippen molar-refractivity contribution in [2.45, 2.75) is 38.8 Å². The summed E-state index contributed by atoms with van der Waals surface area (Å²) in [6.07, 6.45) is 3.51. The number of hydrogen-bond acceptors (Lipinski definition) is 4. The van der Waals surface area contributed by atoms with Crippen LogP contribution < -0.4 is 15.4 Å². The van der Waals surface area contributed by atoms with E-state index in [1.54, 1.807) is 0 Å². The predicted molar refractivity (Wildman–Crippen MR) is 112 cm³/mol. The number of carbonyl (C=O) groups excluding carboxylic acids is 1. The van der Waals surface area contributed by atoms with Crippen molar-refractivity contribution in [1.29, 1.82) is 0 Å². The number of amides is 1. The maximum absolute atomic E-state index is 12.4. The van der Waals surface area contributed by atoms with E-state index in [2.05, 4.69) is 17.6 Å². The van der Waals surface area contributed by atoms with Gasteiger partial charge in [0.1, 0.15) is 0 Å². The lowest BCUT2D eigenvalue weighted by molar-refractivity contribution is 0.216. The molecule has 1 fully saturated rings.